The van der Waals surface area contributed by atoms with Gasteiger partial charge in [0.25, 0.3) is 5.91 Å². The van der Waals surface area contributed by atoms with Gasteiger partial charge in [0.1, 0.15) is 5.82 Å². The van der Waals surface area contributed by atoms with Gasteiger partial charge in [0.2, 0.25) is 5.82 Å². The van der Waals surface area contributed by atoms with Crippen molar-refractivity contribution in [3.8, 4) is 0 Å². The summed E-state index contributed by atoms with van der Waals surface area (Å²) in [6.45, 7) is 0.533. The molecule has 0 saturated carbocycles. The molecule has 1 fully saturated rings. The van der Waals surface area contributed by atoms with Crippen molar-refractivity contribution >= 4 is 11.9 Å². The number of nitrogens with zero attached hydrogens (tertiary/aromatic N) is 3. The molecule has 0 aliphatic carbocycles. The summed E-state index contributed by atoms with van der Waals surface area (Å²) in [7, 11) is 0. The first-order valence-electron chi connectivity index (χ1n) is 6.22. The van der Waals surface area contributed by atoms with Crippen molar-refractivity contribution in [2.75, 3.05) is 13.1 Å². The normalized spacial score (nSPS) is 22.6. The molecule has 1 unspecified atom stereocenters. The molecule has 0 bridgehead atoms. The molecule has 1 aromatic heterocycles. The number of rotatable bonds is 3. The molecule has 0 aromatic carbocycles. The van der Waals surface area contributed by atoms with Gasteiger partial charge in [0.15, 0.2) is 5.41 Å². The number of aromatic amines is 1. The van der Waals surface area contributed by atoms with Crippen LogP contribution >= 0.6 is 0 Å². The fourth-order valence-electron chi connectivity index (χ4n) is 2.20. The number of carboxylic acid groups (broad SMARTS) is 1. The molecular weight excluding hydrogens is 293 g/mol. The van der Waals surface area contributed by atoms with Crippen LogP contribution in [0.1, 0.15) is 29.8 Å². The number of halogens is 3. The fraction of sp³-hybridized carbons (Fsp3) is 0.636. The van der Waals surface area contributed by atoms with E-state index in [-0.39, 0.29) is 12.4 Å². The van der Waals surface area contributed by atoms with Gasteiger partial charge in [-0.2, -0.15) is 13.2 Å². The van der Waals surface area contributed by atoms with Gasteiger partial charge >= 0.3 is 12.1 Å². The molecule has 2 N–H and O–H groups in total. The zero-order valence-corrected chi connectivity index (χ0v) is 11.1. The number of alkyl halides is 3. The Morgan fingerprint density at radius 2 is 2.14 bits per heavy atom. The Morgan fingerprint density at radius 1 is 1.48 bits per heavy atom. The number of likely N-dealkylation sites (tertiary alicyclic amines) is 1. The van der Waals surface area contributed by atoms with Gasteiger partial charge in [-0.25, -0.2) is 4.98 Å². The van der Waals surface area contributed by atoms with Crippen LogP contribution in [0.4, 0.5) is 13.2 Å². The Morgan fingerprint density at radius 3 is 2.57 bits per heavy atom. The zero-order valence-electron chi connectivity index (χ0n) is 11.1. The highest BCUT2D eigenvalue weighted by Crippen LogP contribution is 2.45. The van der Waals surface area contributed by atoms with Crippen molar-refractivity contribution in [2.45, 2.75) is 25.9 Å². The molecule has 10 heteroatoms. The first-order valence-corrected chi connectivity index (χ1v) is 6.22. The van der Waals surface area contributed by atoms with Crippen molar-refractivity contribution in [3.63, 3.8) is 0 Å². The third-order valence-electron chi connectivity index (χ3n) is 3.57. The van der Waals surface area contributed by atoms with Crippen LogP contribution in [-0.2, 0) is 11.2 Å². The molecule has 0 spiro atoms. The largest absolute Gasteiger partial charge is 0.481 e. The summed E-state index contributed by atoms with van der Waals surface area (Å²) in [5.74, 6) is -2.61. The predicted octanol–water partition coefficient (Wildman–Crippen LogP) is 0.846. The number of hydrogen-bond acceptors (Lipinski definition) is 4. The molecule has 1 amide bonds. The number of carbonyl (C=O) groups excluding carboxylic acids is 1. The van der Waals surface area contributed by atoms with Crippen LogP contribution in [0.3, 0.4) is 0 Å². The lowest BCUT2D eigenvalue weighted by Gasteiger charge is -2.26. The standard InChI is InChI=1S/C11H13F3N4O3/c1-2-6-15-7(17-16-6)8(19)18-4-3-10(5-18,9(20)21)11(12,13)14/h2-5H2,1H3,(H,20,21)(H,15,16,17). The molecule has 1 aliphatic rings. The summed E-state index contributed by atoms with van der Waals surface area (Å²) < 4.78 is 39.0. The van der Waals surface area contributed by atoms with Gasteiger partial charge in [-0.3, -0.25) is 14.7 Å². The van der Waals surface area contributed by atoms with Crippen molar-refractivity contribution in [1.82, 2.24) is 20.1 Å². The average Bonchev–Trinajstić information content (AvgIpc) is 3.04. The number of nitrogens with one attached hydrogen (secondary N) is 1. The van der Waals surface area contributed by atoms with E-state index in [1.54, 1.807) is 6.92 Å². The third-order valence-corrected chi connectivity index (χ3v) is 3.57. The quantitative estimate of drug-likeness (QED) is 0.862. The van der Waals surface area contributed by atoms with Gasteiger partial charge < -0.3 is 10.0 Å². The number of aliphatic carboxylic acids is 1. The predicted molar refractivity (Wildman–Crippen MR) is 62.4 cm³/mol. The Labute approximate surface area is 117 Å². The van der Waals surface area contributed by atoms with Crippen molar-refractivity contribution < 1.29 is 27.9 Å². The van der Waals surface area contributed by atoms with Crippen LogP contribution in [0.5, 0.6) is 0 Å². The number of amides is 1. The highest BCUT2D eigenvalue weighted by Gasteiger charge is 2.64. The van der Waals surface area contributed by atoms with Gasteiger partial charge in [-0.15, -0.1) is 5.10 Å². The Kier molecular flexibility index (Phi) is 3.64. The van der Waals surface area contributed by atoms with E-state index in [2.05, 4.69) is 15.2 Å². The molecule has 2 heterocycles. The number of H-pyrrole nitrogens is 1. The maximum absolute atomic E-state index is 13.0. The van der Waals surface area contributed by atoms with Gasteiger partial charge in [0, 0.05) is 19.5 Å². The van der Waals surface area contributed by atoms with E-state index in [0.29, 0.717) is 12.2 Å². The minimum atomic E-state index is -4.93. The smallest absolute Gasteiger partial charge is 0.406 e. The first-order chi connectivity index (χ1) is 9.71. The monoisotopic (exact) mass is 306 g/mol. The van der Waals surface area contributed by atoms with E-state index >= 15 is 0 Å². The minimum Gasteiger partial charge on any atom is -0.481 e. The van der Waals surface area contributed by atoms with E-state index in [1.165, 1.54) is 0 Å². The molecule has 2 rings (SSSR count). The van der Waals surface area contributed by atoms with Crippen LogP contribution in [0.2, 0.25) is 0 Å². The zero-order chi connectivity index (χ0) is 15.8. The lowest BCUT2D eigenvalue weighted by Crippen LogP contribution is -2.47. The van der Waals surface area contributed by atoms with Crippen molar-refractivity contribution in [1.29, 1.82) is 0 Å². The molecule has 1 atom stereocenters. The molecule has 116 valence electrons. The minimum absolute atomic E-state index is 0.254. The van der Waals surface area contributed by atoms with Crippen LogP contribution < -0.4 is 0 Å². The fourth-order valence-corrected chi connectivity index (χ4v) is 2.20. The highest BCUT2D eigenvalue weighted by atomic mass is 19.4. The van der Waals surface area contributed by atoms with E-state index in [0.717, 1.165) is 4.90 Å². The summed E-state index contributed by atoms with van der Waals surface area (Å²) in [5, 5.41) is 15.0. The van der Waals surface area contributed by atoms with Crippen molar-refractivity contribution in [3.05, 3.63) is 11.6 Å². The number of hydrogen-bond donors (Lipinski definition) is 2. The Hall–Kier alpha value is -2.13. The molecule has 21 heavy (non-hydrogen) atoms. The number of aromatic nitrogens is 3. The molecular formula is C11H13F3N4O3. The van der Waals surface area contributed by atoms with Gasteiger partial charge in [0.05, 0.1) is 0 Å². The maximum atomic E-state index is 13.0. The van der Waals surface area contributed by atoms with Crippen LogP contribution in [0, 0.1) is 5.41 Å². The third kappa shape index (κ3) is 2.45. The molecule has 0 radical (unpaired) electrons. The Bertz CT molecular complexity index is 571. The van der Waals surface area contributed by atoms with Crippen LogP contribution in [0.15, 0.2) is 0 Å². The lowest BCUT2D eigenvalue weighted by molar-refractivity contribution is -0.227. The maximum Gasteiger partial charge on any atom is 0.406 e. The second kappa shape index (κ2) is 5.01. The Balaban J connectivity index is 2.21. The van der Waals surface area contributed by atoms with Gasteiger partial charge in [-0.1, -0.05) is 6.92 Å². The van der Waals surface area contributed by atoms with E-state index < -0.39 is 36.4 Å². The summed E-state index contributed by atoms with van der Waals surface area (Å²) in [6.07, 6.45) is -5.12. The second-order valence-electron chi connectivity index (χ2n) is 4.82. The van der Waals surface area contributed by atoms with Crippen LogP contribution in [-0.4, -0.2) is 56.3 Å². The lowest BCUT2D eigenvalue weighted by atomic mass is 9.86. The second-order valence-corrected chi connectivity index (χ2v) is 4.82. The summed E-state index contributed by atoms with van der Waals surface area (Å²) in [6, 6.07) is 0. The highest BCUT2D eigenvalue weighted by molar-refractivity contribution is 5.91. The molecule has 1 saturated heterocycles. The van der Waals surface area contributed by atoms with E-state index in [9.17, 15) is 22.8 Å². The summed E-state index contributed by atoms with van der Waals surface area (Å²) in [4.78, 5) is 27.7. The number of carbonyl (C=O) groups is 2. The summed E-state index contributed by atoms with van der Waals surface area (Å²) in [5.41, 5.74) is -2.92. The SMILES string of the molecule is CCc1nc(C(=O)N2CCC(C(=O)O)(C(F)(F)F)C2)n[nH]1. The van der Waals surface area contributed by atoms with Gasteiger partial charge in [-0.05, 0) is 6.42 Å². The van der Waals surface area contributed by atoms with Crippen molar-refractivity contribution in [2.24, 2.45) is 5.41 Å². The van der Waals surface area contributed by atoms with E-state index in [4.69, 9.17) is 5.11 Å². The number of aryl methyl sites for hydroxylation is 1. The topological polar surface area (TPSA) is 99.2 Å². The summed E-state index contributed by atoms with van der Waals surface area (Å²) >= 11 is 0. The molecule has 1 aliphatic heterocycles. The molecule has 1 aromatic rings. The first kappa shape index (κ1) is 15.3. The van der Waals surface area contributed by atoms with E-state index in [1.807, 2.05) is 0 Å². The number of carboxylic acids is 1. The molecule has 7 nitrogen and oxygen atoms in total. The van der Waals surface area contributed by atoms with Crippen LogP contribution in [0.25, 0.3) is 0 Å². The average molecular weight is 306 g/mol.